The molecule has 47 heavy (non-hydrogen) atoms. The molecule has 1 aromatic carbocycles. The summed E-state index contributed by atoms with van der Waals surface area (Å²) in [5.41, 5.74) is 3.92. The van der Waals surface area contributed by atoms with Gasteiger partial charge in [-0.05, 0) is 75.9 Å². The van der Waals surface area contributed by atoms with Crippen LogP contribution in [0.1, 0.15) is 83.7 Å². The van der Waals surface area contributed by atoms with Crippen molar-refractivity contribution in [3.8, 4) is 11.1 Å². The molecular weight excluding hydrogens is 634 g/mol. The number of nitrogens with zero attached hydrogens (tertiary/aromatic N) is 3. The minimum atomic E-state index is -4.56. The molecule has 1 amide bonds. The van der Waals surface area contributed by atoms with E-state index in [1.165, 1.54) is 0 Å². The lowest BCUT2D eigenvalue weighted by molar-refractivity contribution is -0.125. The van der Waals surface area contributed by atoms with Crippen LogP contribution < -0.4 is 10.0 Å². The number of aromatic nitrogens is 3. The molecule has 0 bridgehead atoms. The van der Waals surface area contributed by atoms with Crippen molar-refractivity contribution >= 4 is 36.2 Å². The lowest BCUT2D eigenvalue weighted by Crippen LogP contribution is -2.34. The quantitative estimate of drug-likeness (QED) is 0.125. The number of carboxylic acid groups (broad SMARTS) is 1. The number of hydrogen-bond donors (Lipinski definition) is 4. The third kappa shape index (κ3) is 11.8. The molecule has 2 aliphatic carbocycles. The highest BCUT2D eigenvalue weighted by molar-refractivity contribution is 7.78. The molecule has 2 heterocycles. The van der Waals surface area contributed by atoms with Crippen molar-refractivity contribution in [2.24, 2.45) is 13.0 Å². The van der Waals surface area contributed by atoms with E-state index in [1.54, 1.807) is 7.05 Å². The molecule has 0 spiro atoms. The Morgan fingerprint density at radius 3 is 2.26 bits per heavy atom. The van der Waals surface area contributed by atoms with E-state index < -0.39 is 17.6 Å². The molecule has 1 saturated carbocycles. The fraction of sp³-hybridized carbons (Fsp3) is 0.471. The van der Waals surface area contributed by atoms with E-state index in [9.17, 15) is 22.4 Å². The Labute approximate surface area is 280 Å². The van der Waals surface area contributed by atoms with Crippen LogP contribution in [0.2, 0.25) is 0 Å². The van der Waals surface area contributed by atoms with E-state index in [2.05, 4.69) is 27.8 Å². The number of pyridine rings is 1. The Morgan fingerprint density at radius 1 is 1.09 bits per heavy atom. The first kappa shape index (κ1) is 41.3. The SMILES string of the molecule is CC.CC.CNS.Cc1nc2cc(-c3ccc(C4CCCC(C(=O)NC5=C(F)C=C(C(F)(F)F)CC5)C4)nc3)ccc2n1C.O=CO. The first-order valence-corrected chi connectivity index (χ1v) is 16.1. The Balaban J connectivity index is 0.000000995. The number of alkyl halides is 3. The topological polar surface area (TPSA) is 109 Å². The maximum atomic E-state index is 14.3. The van der Waals surface area contributed by atoms with Gasteiger partial charge in [0.2, 0.25) is 5.91 Å². The highest BCUT2D eigenvalue weighted by atomic mass is 32.1. The summed E-state index contributed by atoms with van der Waals surface area (Å²) in [6, 6.07) is 10.2. The maximum absolute atomic E-state index is 14.3. The number of benzene rings is 1. The first-order valence-electron chi connectivity index (χ1n) is 15.7. The minimum absolute atomic E-state index is 0.0670. The number of imidazole rings is 1. The molecule has 5 rings (SSSR count). The van der Waals surface area contributed by atoms with E-state index in [4.69, 9.17) is 14.9 Å². The molecular formula is C34H47F4N5O3S. The van der Waals surface area contributed by atoms with Crippen LogP contribution in [0.15, 0.2) is 59.7 Å². The van der Waals surface area contributed by atoms with Crippen LogP contribution in [0.3, 0.4) is 0 Å². The zero-order chi connectivity index (χ0) is 35.7. The fourth-order valence-corrected chi connectivity index (χ4v) is 5.30. The third-order valence-corrected chi connectivity index (χ3v) is 7.56. The lowest BCUT2D eigenvalue weighted by Gasteiger charge is -2.29. The number of fused-ring (bicyclic) bond motifs is 1. The average Bonchev–Trinajstić information content (AvgIpc) is 3.36. The van der Waals surface area contributed by atoms with Crippen molar-refractivity contribution < 1.29 is 32.3 Å². The van der Waals surface area contributed by atoms with E-state index in [0.717, 1.165) is 46.5 Å². The maximum Gasteiger partial charge on any atom is 0.412 e. The molecule has 3 aromatic rings. The van der Waals surface area contributed by atoms with Gasteiger partial charge in [-0.3, -0.25) is 19.3 Å². The molecule has 1 fully saturated rings. The minimum Gasteiger partial charge on any atom is -0.483 e. The van der Waals surface area contributed by atoms with Gasteiger partial charge >= 0.3 is 6.18 Å². The Kier molecular flexibility index (Phi) is 18.0. The molecule has 0 radical (unpaired) electrons. The Bertz CT molecular complexity index is 1490. The smallest absolute Gasteiger partial charge is 0.412 e. The first-order chi connectivity index (χ1) is 22.4. The number of aryl methyl sites for hydroxylation is 2. The van der Waals surface area contributed by atoms with Crippen molar-refractivity contribution in [2.45, 2.75) is 85.2 Å². The molecule has 2 aromatic heterocycles. The van der Waals surface area contributed by atoms with Gasteiger partial charge in [0.1, 0.15) is 11.7 Å². The van der Waals surface area contributed by atoms with Gasteiger partial charge in [-0.1, -0.05) is 59.1 Å². The fourth-order valence-electron chi connectivity index (χ4n) is 5.30. The van der Waals surface area contributed by atoms with Gasteiger partial charge in [-0.15, -0.1) is 0 Å². The monoisotopic (exact) mass is 681 g/mol. The van der Waals surface area contributed by atoms with Crippen LogP contribution in [-0.4, -0.2) is 45.2 Å². The van der Waals surface area contributed by atoms with E-state index in [0.29, 0.717) is 18.9 Å². The predicted molar refractivity (Wildman–Crippen MR) is 182 cm³/mol. The Morgan fingerprint density at radius 2 is 1.70 bits per heavy atom. The normalized spacial score (nSPS) is 17.2. The highest BCUT2D eigenvalue weighted by Gasteiger charge is 2.36. The molecule has 2 atom stereocenters. The molecule has 13 heteroatoms. The number of nitrogens with one attached hydrogen (secondary N) is 2. The highest BCUT2D eigenvalue weighted by Crippen LogP contribution is 2.38. The number of thiol groups is 1. The van der Waals surface area contributed by atoms with Crippen molar-refractivity contribution in [3.63, 3.8) is 0 Å². The van der Waals surface area contributed by atoms with Crippen LogP contribution >= 0.6 is 12.8 Å². The second-order valence-electron chi connectivity index (χ2n) is 10.3. The summed E-state index contributed by atoms with van der Waals surface area (Å²) in [5, 5.41) is 9.45. The van der Waals surface area contributed by atoms with Crippen LogP contribution in [0.4, 0.5) is 17.6 Å². The molecule has 3 N–H and O–H groups in total. The Hall–Kier alpha value is -3.71. The second-order valence-corrected chi connectivity index (χ2v) is 10.7. The lowest BCUT2D eigenvalue weighted by atomic mass is 9.79. The van der Waals surface area contributed by atoms with Crippen LogP contribution in [-0.2, 0) is 16.6 Å². The van der Waals surface area contributed by atoms with Gasteiger partial charge in [0.05, 0.1) is 16.7 Å². The van der Waals surface area contributed by atoms with Gasteiger partial charge in [-0.2, -0.15) is 13.2 Å². The number of rotatable bonds is 4. The summed E-state index contributed by atoms with van der Waals surface area (Å²) < 4.78 is 57.3. The summed E-state index contributed by atoms with van der Waals surface area (Å²) in [4.78, 5) is 30.5. The largest absolute Gasteiger partial charge is 0.483 e. The zero-order valence-electron chi connectivity index (χ0n) is 28.1. The van der Waals surface area contributed by atoms with Gasteiger partial charge in [0.25, 0.3) is 6.47 Å². The number of amides is 1. The third-order valence-electron chi connectivity index (χ3n) is 7.56. The van der Waals surface area contributed by atoms with Crippen molar-refractivity contribution in [1.29, 1.82) is 0 Å². The number of hydrogen-bond acceptors (Lipinski definition) is 6. The predicted octanol–water partition coefficient (Wildman–Crippen LogP) is 8.60. The zero-order valence-corrected chi connectivity index (χ0v) is 29.0. The van der Waals surface area contributed by atoms with Gasteiger partial charge in [-0.25, -0.2) is 9.37 Å². The molecule has 0 saturated heterocycles. The van der Waals surface area contributed by atoms with Crippen molar-refractivity contribution in [3.05, 3.63) is 71.2 Å². The number of carbonyl (C=O) groups is 2. The van der Waals surface area contributed by atoms with Crippen molar-refractivity contribution in [2.75, 3.05) is 7.05 Å². The van der Waals surface area contributed by atoms with Crippen LogP contribution in [0, 0.1) is 12.8 Å². The number of halogens is 4. The van der Waals surface area contributed by atoms with Gasteiger partial charge < -0.3 is 15.0 Å². The number of allylic oxidation sites excluding steroid dienone is 4. The van der Waals surface area contributed by atoms with Gasteiger partial charge in [0.15, 0.2) is 0 Å². The second kappa shape index (κ2) is 20.5. The summed E-state index contributed by atoms with van der Waals surface area (Å²) in [6.45, 7) is 9.72. The molecule has 260 valence electrons. The molecule has 0 aliphatic heterocycles. The van der Waals surface area contributed by atoms with Crippen LogP contribution in [0.25, 0.3) is 22.2 Å². The standard InChI is InChI=1S/C28H28F4N4O.2C2H6.CH5NS.CH2O2/c1-16-34-25-13-17(7-11-26(25)36(16)2)20-6-9-23(33-15-20)18-4-3-5-19(12-18)27(37)35-24-10-8-21(14-22(24)29)28(30,31)32;2*1-2;1-2-3;2-1-3/h6-7,9,11,13-15,18-19H,3-5,8,10,12H2,1-2H3,(H,35,37);2*1-2H3;2-3H,1H3;1H,(H,2,3). The van der Waals surface area contributed by atoms with Gasteiger partial charge in [0, 0.05) is 41.9 Å². The van der Waals surface area contributed by atoms with E-state index in [-0.39, 0.29) is 42.8 Å². The van der Waals surface area contributed by atoms with Crippen molar-refractivity contribution in [1.82, 2.24) is 24.6 Å². The average molecular weight is 682 g/mol. The molecule has 2 unspecified atom stereocenters. The number of carbonyl (C=O) groups excluding carboxylic acids is 1. The van der Waals surface area contributed by atoms with Crippen LogP contribution in [0.5, 0.6) is 0 Å². The summed E-state index contributed by atoms with van der Waals surface area (Å²) in [5.74, 6) is -0.670. The molecule has 8 nitrogen and oxygen atoms in total. The summed E-state index contributed by atoms with van der Waals surface area (Å²) >= 11 is 3.54. The van der Waals surface area contributed by atoms with E-state index in [1.807, 2.05) is 82.8 Å². The summed E-state index contributed by atoms with van der Waals surface area (Å²) in [7, 11) is 3.73. The molecule has 2 aliphatic rings. The van der Waals surface area contributed by atoms with E-state index >= 15 is 0 Å². The summed E-state index contributed by atoms with van der Waals surface area (Å²) in [6.07, 6.45) is 0.179.